The minimum atomic E-state index is -0.371. The number of amides is 4. The van der Waals surface area contributed by atoms with Crippen LogP contribution in [-0.4, -0.2) is 46.5 Å². The molecule has 0 saturated carbocycles. The number of halogens is 1. The fourth-order valence-electron chi connectivity index (χ4n) is 5.10. The van der Waals surface area contributed by atoms with Crippen LogP contribution >= 0.6 is 15.9 Å². The summed E-state index contributed by atoms with van der Waals surface area (Å²) in [6.45, 7) is 6.75. The van der Waals surface area contributed by atoms with E-state index in [1.807, 2.05) is 0 Å². The minimum absolute atomic E-state index is 0.340. The third-order valence-corrected chi connectivity index (χ3v) is 7.52. The van der Waals surface area contributed by atoms with Crippen LogP contribution in [0.25, 0.3) is 10.8 Å². The number of unbranched alkanes of at least 4 members (excludes halogenated alkanes) is 6. The van der Waals surface area contributed by atoms with E-state index in [1.54, 1.807) is 19.1 Å². The molecule has 4 rings (SSSR count). The Balaban J connectivity index is 1.81. The summed E-state index contributed by atoms with van der Waals surface area (Å²) in [5.74, 6) is -1.42. The average Bonchev–Trinajstić information content (AvgIpc) is 2.80. The van der Waals surface area contributed by atoms with Gasteiger partial charge in [0.05, 0.1) is 11.1 Å². The Kier molecular flexibility index (Phi) is 7.22. The summed E-state index contributed by atoms with van der Waals surface area (Å²) in [4.78, 5) is 56.3. The second-order valence-electron chi connectivity index (χ2n) is 9.29. The van der Waals surface area contributed by atoms with Gasteiger partial charge in [0.25, 0.3) is 23.6 Å². The molecule has 0 saturated heterocycles. The zero-order valence-corrected chi connectivity index (χ0v) is 21.7. The van der Waals surface area contributed by atoms with Gasteiger partial charge >= 0.3 is 0 Å². The van der Waals surface area contributed by atoms with E-state index in [2.05, 4.69) is 29.8 Å². The SMILES string of the molecule is CCCCCCN1C(=O)c2cc(Br)c3c4c(cc(C)c(c24)C1=O)C(=O)N(CCCCCC)C3=O. The first-order chi connectivity index (χ1) is 16.3. The van der Waals surface area contributed by atoms with Gasteiger partial charge in [-0.15, -0.1) is 0 Å². The molecule has 180 valence electrons. The summed E-state index contributed by atoms with van der Waals surface area (Å²) in [6.07, 6.45) is 7.65. The number of carbonyl (C=O) groups is 4. The molecule has 0 fully saturated rings. The first-order valence-corrected chi connectivity index (χ1v) is 13.1. The first-order valence-electron chi connectivity index (χ1n) is 12.4. The zero-order valence-electron chi connectivity index (χ0n) is 20.1. The predicted octanol–water partition coefficient (Wildman–Crippen LogP) is 6.26. The smallest absolute Gasteiger partial charge is 0.262 e. The third-order valence-electron chi connectivity index (χ3n) is 6.89. The second kappa shape index (κ2) is 9.98. The molecular formula is C27H31BrN2O4. The molecule has 0 spiro atoms. The highest BCUT2D eigenvalue weighted by atomic mass is 79.9. The standard InChI is InChI=1S/C27H31BrN2O4/c1-4-6-8-10-12-29-25(32)18-15-19(28)23-22-17(14-16(3)20(21(18)22)26(29)33)24(31)30(27(23)34)13-11-9-7-5-2/h14-15H,4-13H2,1-3H3. The molecule has 2 aromatic carbocycles. The van der Waals surface area contributed by atoms with Gasteiger partial charge in [0.15, 0.2) is 0 Å². The summed E-state index contributed by atoms with van der Waals surface area (Å²) in [6, 6.07) is 3.37. The van der Waals surface area contributed by atoms with Crippen molar-refractivity contribution in [3.05, 3.63) is 44.4 Å². The van der Waals surface area contributed by atoms with Crippen LogP contribution in [0.4, 0.5) is 0 Å². The number of imide groups is 2. The third kappa shape index (κ3) is 3.98. The van der Waals surface area contributed by atoms with Crippen molar-refractivity contribution in [3.63, 3.8) is 0 Å². The topological polar surface area (TPSA) is 74.8 Å². The number of rotatable bonds is 10. The van der Waals surface area contributed by atoms with Crippen molar-refractivity contribution < 1.29 is 19.2 Å². The Bertz CT molecular complexity index is 1110. The predicted molar refractivity (Wildman–Crippen MR) is 135 cm³/mol. The molecule has 7 heteroatoms. The van der Waals surface area contributed by atoms with E-state index >= 15 is 0 Å². The molecule has 0 aliphatic carbocycles. The van der Waals surface area contributed by atoms with Crippen molar-refractivity contribution in [1.29, 1.82) is 0 Å². The number of nitrogens with zero attached hydrogens (tertiary/aromatic N) is 2. The van der Waals surface area contributed by atoms with Gasteiger partial charge in [-0.3, -0.25) is 29.0 Å². The number of hydrogen-bond acceptors (Lipinski definition) is 4. The van der Waals surface area contributed by atoms with Crippen molar-refractivity contribution in [2.75, 3.05) is 13.1 Å². The number of hydrogen-bond donors (Lipinski definition) is 0. The second-order valence-corrected chi connectivity index (χ2v) is 10.1. The molecule has 0 unspecified atom stereocenters. The van der Waals surface area contributed by atoms with Crippen molar-refractivity contribution >= 4 is 50.3 Å². The van der Waals surface area contributed by atoms with E-state index in [0.717, 1.165) is 51.4 Å². The molecule has 4 amide bonds. The highest BCUT2D eigenvalue weighted by molar-refractivity contribution is 9.10. The van der Waals surface area contributed by atoms with Gasteiger partial charge in [-0.25, -0.2) is 0 Å². The lowest BCUT2D eigenvalue weighted by Crippen LogP contribution is -2.44. The maximum Gasteiger partial charge on any atom is 0.262 e. The Morgan fingerprint density at radius 1 is 0.647 bits per heavy atom. The van der Waals surface area contributed by atoms with Crippen LogP contribution in [0.1, 0.15) is 112 Å². The van der Waals surface area contributed by atoms with Crippen LogP contribution in [-0.2, 0) is 0 Å². The van der Waals surface area contributed by atoms with Crippen molar-refractivity contribution in [3.8, 4) is 0 Å². The number of benzene rings is 2. The Hall–Kier alpha value is -2.54. The normalized spacial score (nSPS) is 15.2. The summed E-state index contributed by atoms with van der Waals surface area (Å²) < 4.78 is 0.482. The number of aryl methyl sites for hydroxylation is 1. The van der Waals surface area contributed by atoms with Gasteiger partial charge in [0, 0.05) is 39.5 Å². The molecule has 0 radical (unpaired) electrons. The zero-order chi connectivity index (χ0) is 24.6. The molecule has 0 N–H and O–H groups in total. The quantitative estimate of drug-likeness (QED) is 0.270. The fourth-order valence-corrected chi connectivity index (χ4v) is 5.70. The minimum Gasteiger partial charge on any atom is -0.274 e. The van der Waals surface area contributed by atoms with E-state index in [4.69, 9.17) is 0 Å². The summed E-state index contributed by atoms with van der Waals surface area (Å²) in [5, 5.41) is 0.873. The molecule has 2 aliphatic heterocycles. The summed E-state index contributed by atoms with van der Waals surface area (Å²) in [5.41, 5.74) is 2.21. The van der Waals surface area contributed by atoms with E-state index in [-0.39, 0.29) is 23.6 Å². The summed E-state index contributed by atoms with van der Waals surface area (Å²) in [7, 11) is 0. The van der Waals surface area contributed by atoms with E-state index in [0.29, 0.717) is 56.2 Å². The molecule has 0 aromatic heterocycles. The Labute approximate surface area is 208 Å². The van der Waals surface area contributed by atoms with Gasteiger partial charge in [-0.05, 0) is 53.4 Å². The van der Waals surface area contributed by atoms with Gasteiger partial charge in [-0.2, -0.15) is 0 Å². The average molecular weight is 527 g/mol. The van der Waals surface area contributed by atoms with Crippen molar-refractivity contribution in [2.24, 2.45) is 0 Å². The van der Waals surface area contributed by atoms with E-state index < -0.39 is 0 Å². The van der Waals surface area contributed by atoms with Crippen LogP contribution < -0.4 is 0 Å². The van der Waals surface area contributed by atoms with Crippen LogP contribution in [0.3, 0.4) is 0 Å². The highest BCUT2D eigenvalue weighted by Gasteiger charge is 2.41. The van der Waals surface area contributed by atoms with Crippen molar-refractivity contribution in [1.82, 2.24) is 9.80 Å². The first kappa shape index (κ1) is 24.6. The van der Waals surface area contributed by atoms with Gasteiger partial charge in [-0.1, -0.05) is 52.4 Å². The van der Waals surface area contributed by atoms with Gasteiger partial charge in [0.1, 0.15) is 0 Å². The summed E-state index contributed by atoms with van der Waals surface area (Å²) >= 11 is 3.51. The maximum absolute atomic E-state index is 13.5. The molecule has 6 nitrogen and oxygen atoms in total. The fraction of sp³-hybridized carbons (Fsp3) is 0.481. The van der Waals surface area contributed by atoms with E-state index in [1.165, 1.54) is 9.80 Å². The molecule has 0 atom stereocenters. The van der Waals surface area contributed by atoms with Gasteiger partial charge < -0.3 is 0 Å². The lowest BCUT2D eigenvalue weighted by Gasteiger charge is -2.33. The number of carbonyl (C=O) groups excluding carboxylic acids is 4. The van der Waals surface area contributed by atoms with E-state index in [9.17, 15) is 19.2 Å². The van der Waals surface area contributed by atoms with Crippen LogP contribution in [0.5, 0.6) is 0 Å². The van der Waals surface area contributed by atoms with Gasteiger partial charge in [0.2, 0.25) is 0 Å². The molecular weight excluding hydrogens is 496 g/mol. The van der Waals surface area contributed by atoms with Crippen LogP contribution in [0.15, 0.2) is 16.6 Å². The molecule has 2 aliphatic rings. The Morgan fingerprint density at radius 3 is 1.65 bits per heavy atom. The monoisotopic (exact) mass is 526 g/mol. The maximum atomic E-state index is 13.5. The molecule has 2 heterocycles. The molecule has 0 bridgehead atoms. The van der Waals surface area contributed by atoms with Crippen molar-refractivity contribution in [2.45, 2.75) is 72.1 Å². The van der Waals surface area contributed by atoms with Crippen LogP contribution in [0, 0.1) is 6.92 Å². The highest BCUT2D eigenvalue weighted by Crippen LogP contribution is 2.42. The molecule has 2 aromatic rings. The largest absolute Gasteiger partial charge is 0.274 e. The Morgan fingerprint density at radius 2 is 1.12 bits per heavy atom. The van der Waals surface area contributed by atoms with Crippen LogP contribution in [0.2, 0.25) is 0 Å². The lowest BCUT2D eigenvalue weighted by molar-refractivity contribution is 0.0585. The lowest BCUT2D eigenvalue weighted by atomic mass is 9.83. The molecule has 34 heavy (non-hydrogen) atoms.